The van der Waals surface area contributed by atoms with Gasteiger partial charge in [0.15, 0.2) is 0 Å². The van der Waals surface area contributed by atoms with Crippen LogP contribution < -0.4 is 5.32 Å². The molecule has 1 aromatic carbocycles. The Bertz CT molecular complexity index is 920. The fourth-order valence-corrected chi connectivity index (χ4v) is 2.27. The summed E-state index contributed by atoms with van der Waals surface area (Å²) < 4.78 is 20.1. The summed E-state index contributed by atoms with van der Waals surface area (Å²) in [5.74, 6) is -1.67. The number of ether oxygens (including phenoxy) is 1. The first kappa shape index (κ1) is 15.7. The number of amides is 1. The van der Waals surface area contributed by atoms with Crippen LogP contribution in [0.2, 0.25) is 0 Å². The second-order valence-electron chi connectivity index (χ2n) is 4.96. The van der Waals surface area contributed by atoms with Crippen LogP contribution in [-0.4, -0.2) is 28.1 Å². The Morgan fingerprint density at radius 1 is 1.25 bits per heavy atom. The first-order valence-corrected chi connectivity index (χ1v) is 7.30. The van der Waals surface area contributed by atoms with Gasteiger partial charge in [0.05, 0.1) is 23.9 Å². The summed E-state index contributed by atoms with van der Waals surface area (Å²) in [6.45, 7) is 1.96. The Labute approximate surface area is 136 Å². The average Bonchev–Trinajstić information content (AvgIpc) is 2.98. The largest absolute Gasteiger partial charge is 0.462 e. The lowest BCUT2D eigenvalue weighted by molar-refractivity contribution is 0.0528. The van der Waals surface area contributed by atoms with Crippen molar-refractivity contribution in [3.63, 3.8) is 0 Å². The molecule has 2 aromatic heterocycles. The molecule has 24 heavy (non-hydrogen) atoms. The number of hydrogen-bond acceptors (Lipinski definition) is 4. The van der Waals surface area contributed by atoms with Gasteiger partial charge >= 0.3 is 5.97 Å². The van der Waals surface area contributed by atoms with E-state index in [0.717, 1.165) is 0 Å². The lowest BCUT2D eigenvalue weighted by Gasteiger charge is -2.07. The first-order valence-electron chi connectivity index (χ1n) is 7.30. The highest BCUT2D eigenvalue weighted by Gasteiger charge is 2.15. The van der Waals surface area contributed by atoms with E-state index in [9.17, 15) is 14.0 Å². The number of pyridine rings is 1. The number of halogens is 1. The Balaban J connectivity index is 1.90. The van der Waals surface area contributed by atoms with E-state index in [1.54, 1.807) is 31.3 Å². The van der Waals surface area contributed by atoms with Gasteiger partial charge in [-0.25, -0.2) is 13.7 Å². The lowest BCUT2D eigenvalue weighted by atomic mass is 10.2. The van der Waals surface area contributed by atoms with Crippen LogP contribution in [0.25, 0.3) is 5.52 Å². The predicted molar refractivity (Wildman–Crippen MR) is 85.5 cm³/mol. The molecule has 0 saturated heterocycles. The summed E-state index contributed by atoms with van der Waals surface area (Å²) in [5.41, 5.74) is 1.14. The molecule has 3 aromatic rings. The highest BCUT2D eigenvalue weighted by atomic mass is 19.1. The van der Waals surface area contributed by atoms with Crippen molar-refractivity contribution >= 4 is 23.1 Å². The predicted octanol–water partition coefficient (Wildman–Crippen LogP) is 2.90. The molecule has 3 rings (SSSR count). The van der Waals surface area contributed by atoms with Crippen LogP contribution in [0, 0.1) is 5.82 Å². The van der Waals surface area contributed by atoms with E-state index in [2.05, 4.69) is 10.4 Å². The highest BCUT2D eigenvalue weighted by molar-refractivity contribution is 6.05. The number of esters is 1. The SMILES string of the molecule is CCOC(=O)c1cnn2ccc(NC(=O)c3ccccc3F)cc12. The quantitative estimate of drug-likeness (QED) is 0.748. The lowest BCUT2D eigenvalue weighted by Crippen LogP contribution is -2.14. The summed E-state index contributed by atoms with van der Waals surface area (Å²) >= 11 is 0. The number of fused-ring (bicyclic) bond motifs is 1. The molecule has 2 heterocycles. The molecule has 0 saturated carbocycles. The van der Waals surface area contributed by atoms with Gasteiger partial charge in [-0.2, -0.15) is 5.10 Å². The molecule has 0 aliphatic rings. The van der Waals surface area contributed by atoms with Gasteiger partial charge in [-0.1, -0.05) is 12.1 Å². The van der Waals surface area contributed by atoms with Gasteiger partial charge in [0.25, 0.3) is 5.91 Å². The van der Waals surface area contributed by atoms with E-state index in [4.69, 9.17) is 4.74 Å². The van der Waals surface area contributed by atoms with E-state index in [1.807, 2.05) is 0 Å². The maximum atomic E-state index is 13.7. The van der Waals surface area contributed by atoms with Gasteiger partial charge < -0.3 is 10.1 Å². The number of anilines is 1. The molecule has 0 unspecified atom stereocenters. The molecule has 122 valence electrons. The van der Waals surface area contributed by atoms with Crippen LogP contribution >= 0.6 is 0 Å². The third-order valence-corrected chi connectivity index (χ3v) is 3.39. The summed E-state index contributed by atoms with van der Waals surface area (Å²) in [7, 11) is 0. The normalized spacial score (nSPS) is 10.6. The monoisotopic (exact) mass is 327 g/mol. The maximum Gasteiger partial charge on any atom is 0.341 e. The van der Waals surface area contributed by atoms with Crippen LogP contribution in [0.4, 0.5) is 10.1 Å². The van der Waals surface area contributed by atoms with Crippen molar-refractivity contribution in [2.75, 3.05) is 11.9 Å². The zero-order valence-corrected chi connectivity index (χ0v) is 12.8. The van der Waals surface area contributed by atoms with Crippen molar-refractivity contribution in [1.82, 2.24) is 9.61 Å². The minimum Gasteiger partial charge on any atom is -0.462 e. The number of hydrogen-bond donors (Lipinski definition) is 1. The molecule has 1 amide bonds. The summed E-state index contributed by atoms with van der Waals surface area (Å²) in [6, 6.07) is 8.89. The Morgan fingerprint density at radius 3 is 2.79 bits per heavy atom. The topological polar surface area (TPSA) is 72.7 Å². The summed E-state index contributed by atoms with van der Waals surface area (Å²) in [5, 5.41) is 6.66. The van der Waals surface area contributed by atoms with Crippen molar-refractivity contribution in [2.45, 2.75) is 6.92 Å². The molecule has 7 heteroatoms. The smallest absolute Gasteiger partial charge is 0.341 e. The van der Waals surface area contributed by atoms with Crippen molar-refractivity contribution in [2.24, 2.45) is 0 Å². The van der Waals surface area contributed by atoms with E-state index < -0.39 is 17.7 Å². The van der Waals surface area contributed by atoms with E-state index in [1.165, 1.54) is 28.9 Å². The molecule has 0 spiro atoms. The molecule has 0 aliphatic heterocycles. The minimum absolute atomic E-state index is 0.0588. The number of carbonyl (C=O) groups is 2. The van der Waals surface area contributed by atoms with Crippen LogP contribution in [0.15, 0.2) is 48.8 Å². The molecular weight excluding hydrogens is 313 g/mol. The van der Waals surface area contributed by atoms with Crippen LogP contribution in [0.5, 0.6) is 0 Å². The van der Waals surface area contributed by atoms with E-state index in [-0.39, 0.29) is 12.2 Å². The number of aromatic nitrogens is 2. The molecule has 0 bridgehead atoms. The third-order valence-electron chi connectivity index (χ3n) is 3.39. The van der Waals surface area contributed by atoms with Crippen LogP contribution in [0.3, 0.4) is 0 Å². The highest BCUT2D eigenvalue weighted by Crippen LogP contribution is 2.18. The van der Waals surface area contributed by atoms with E-state index in [0.29, 0.717) is 16.8 Å². The number of benzene rings is 1. The summed E-state index contributed by atoms with van der Waals surface area (Å²) in [4.78, 5) is 24.1. The van der Waals surface area contributed by atoms with Gasteiger partial charge in [0, 0.05) is 11.9 Å². The molecular formula is C17H14FN3O3. The zero-order valence-electron chi connectivity index (χ0n) is 12.8. The average molecular weight is 327 g/mol. The van der Waals surface area contributed by atoms with Crippen molar-refractivity contribution < 1.29 is 18.7 Å². The van der Waals surface area contributed by atoms with Gasteiger partial charge in [0.2, 0.25) is 0 Å². The fourth-order valence-electron chi connectivity index (χ4n) is 2.27. The van der Waals surface area contributed by atoms with Gasteiger partial charge in [-0.3, -0.25) is 4.79 Å². The summed E-state index contributed by atoms with van der Waals surface area (Å²) in [6.07, 6.45) is 2.99. The molecule has 6 nitrogen and oxygen atoms in total. The Hall–Kier alpha value is -3.22. The van der Waals surface area contributed by atoms with Crippen molar-refractivity contribution in [3.8, 4) is 0 Å². The minimum atomic E-state index is -0.604. The number of nitrogens with one attached hydrogen (secondary N) is 1. The maximum absolute atomic E-state index is 13.7. The van der Waals surface area contributed by atoms with Gasteiger partial charge in [-0.15, -0.1) is 0 Å². The number of carbonyl (C=O) groups excluding carboxylic acids is 2. The van der Waals surface area contributed by atoms with Crippen LogP contribution in [-0.2, 0) is 4.74 Å². The molecule has 0 aliphatic carbocycles. The fraction of sp³-hybridized carbons (Fsp3) is 0.118. The molecule has 0 atom stereocenters. The Kier molecular flexibility index (Phi) is 4.24. The third kappa shape index (κ3) is 2.96. The molecule has 0 fully saturated rings. The Morgan fingerprint density at radius 2 is 2.04 bits per heavy atom. The van der Waals surface area contributed by atoms with Gasteiger partial charge in [0.1, 0.15) is 11.4 Å². The number of nitrogens with zero attached hydrogens (tertiary/aromatic N) is 2. The number of rotatable bonds is 4. The standard InChI is InChI=1S/C17H14FN3O3/c1-2-24-17(23)13-10-19-21-8-7-11(9-15(13)21)20-16(22)12-5-3-4-6-14(12)18/h3-10H,2H2,1H3,(H,20,22). The second kappa shape index (κ2) is 6.49. The van der Waals surface area contributed by atoms with Crippen LogP contribution in [0.1, 0.15) is 27.6 Å². The van der Waals surface area contributed by atoms with Crippen molar-refractivity contribution in [3.05, 3.63) is 65.7 Å². The second-order valence-corrected chi connectivity index (χ2v) is 4.96. The molecule has 0 radical (unpaired) electrons. The van der Waals surface area contributed by atoms with E-state index >= 15 is 0 Å². The first-order chi connectivity index (χ1) is 11.6. The van der Waals surface area contributed by atoms with Crippen molar-refractivity contribution in [1.29, 1.82) is 0 Å². The van der Waals surface area contributed by atoms with Gasteiger partial charge in [-0.05, 0) is 31.2 Å². The molecule has 1 N–H and O–H groups in total. The zero-order chi connectivity index (χ0) is 17.1.